The number of aliphatic hydroxyl groups excluding tert-OH is 1. The van der Waals surface area contributed by atoms with Crippen molar-refractivity contribution >= 4 is 0 Å². The molecule has 1 saturated carbocycles. The summed E-state index contributed by atoms with van der Waals surface area (Å²) >= 11 is 0. The summed E-state index contributed by atoms with van der Waals surface area (Å²) in [7, 11) is 0. The maximum atomic E-state index is 10.3. The molecular formula is C12H25NO. The van der Waals surface area contributed by atoms with Crippen LogP contribution in [0.5, 0.6) is 0 Å². The van der Waals surface area contributed by atoms with E-state index in [2.05, 4.69) is 32.6 Å². The molecule has 1 fully saturated rings. The minimum atomic E-state index is -0.156. The topological polar surface area (TPSA) is 23.5 Å². The van der Waals surface area contributed by atoms with Gasteiger partial charge in [-0.2, -0.15) is 0 Å². The zero-order valence-electron chi connectivity index (χ0n) is 10.1. The molecule has 0 saturated heterocycles. The lowest BCUT2D eigenvalue weighted by Crippen LogP contribution is -2.52. The monoisotopic (exact) mass is 199 g/mol. The van der Waals surface area contributed by atoms with Crippen LogP contribution in [0.15, 0.2) is 0 Å². The van der Waals surface area contributed by atoms with Crippen molar-refractivity contribution in [1.82, 2.24) is 4.90 Å². The summed E-state index contributed by atoms with van der Waals surface area (Å²) < 4.78 is 0. The third kappa shape index (κ3) is 2.29. The van der Waals surface area contributed by atoms with Crippen molar-refractivity contribution in [3.05, 3.63) is 0 Å². The van der Waals surface area contributed by atoms with Gasteiger partial charge in [-0.05, 0) is 31.3 Å². The molecular weight excluding hydrogens is 174 g/mol. The standard InChI is InChI=1S/C12H25NO/c1-5-13(6-2)10-8-7-9-12(3,4)11(10)14/h10-11,14H,5-9H2,1-4H3. The number of rotatable bonds is 3. The Labute approximate surface area is 88.3 Å². The second kappa shape index (κ2) is 4.63. The Morgan fingerprint density at radius 1 is 1.29 bits per heavy atom. The second-order valence-corrected chi connectivity index (χ2v) is 5.11. The van der Waals surface area contributed by atoms with Crippen LogP contribution in [0.3, 0.4) is 0 Å². The first kappa shape index (κ1) is 12.0. The third-order valence-electron chi connectivity index (χ3n) is 3.77. The molecule has 2 nitrogen and oxygen atoms in total. The van der Waals surface area contributed by atoms with Gasteiger partial charge in [0.25, 0.3) is 0 Å². The number of nitrogens with zero attached hydrogens (tertiary/aromatic N) is 1. The van der Waals surface area contributed by atoms with E-state index in [0.717, 1.165) is 25.9 Å². The summed E-state index contributed by atoms with van der Waals surface area (Å²) in [5, 5.41) is 10.3. The summed E-state index contributed by atoms with van der Waals surface area (Å²) in [6.45, 7) is 10.8. The van der Waals surface area contributed by atoms with Gasteiger partial charge in [-0.1, -0.05) is 34.1 Å². The first-order chi connectivity index (χ1) is 6.53. The van der Waals surface area contributed by atoms with Crippen molar-refractivity contribution in [2.75, 3.05) is 13.1 Å². The van der Waals surface area contributed by atoms with E-state index in [9.17, 15) is 5.11 Å². The molecule has 0 aromatic rings. The molecule has 84 valence electrons. The quantitative estimate of drug-likeness (QED) is 0.753. The van der Waals surface area contributed by atoms with E-state index in [0.29, 0.717) is 6.04 Å². The molecule has 0 bridgehead atoms. The Kier molecular flexibility index (Phi) is 3.96. The summed E-state index contributed by atoms with van der Waals surface area (Å²) in [6.07, 6.45) is 3.42. The zero-order chi connectivity index (χ0) is 10.8. The maximum Gasteiger partial charge on any atom is 0.0746 e. The fourth-order valence-electron chi connectivity index (χ4n) is 2.67. The minimum Gasteiger partial charge on any atom is -0.391 e. The summed E-state index contributed by atoms with van der Waals surface area (Å²) in [6, 6.07) is 0.383. The number of aliphatic hydroxyl groups is 1. The fraction of sp³-hybridized carbons (Fsp3) is 1.00. The van der Waals surface area contributed by atoms with Crippen LogP contribution in [0.2, 0.25) is 0 Å². The van der Waals surface area contributed by atoms with Gasteiger partial charge in [-0.25, -0.2) is 0 Å². The predicted molar refractivity (Wildman–Crippen MR) is 60.3 cm³/mol. The van der Waals surface area contributed by atoms with Crippen molar-refractivity contribution in [2.24, 2.45) is 5.41 Å². The molecule has 2 unspecified atom stereocenters. The van der Waals surface area contributed by atoms with Gasteiger partial charge in [0.1, 0.15) is 0 Å². The van der Waals surface area contributed by atoms with Gasteiger partial charge < -0.3 is 5.11 Å². The molecule has 1 rings (SSSR count). The van der Waals surface area contributed by atoms with Gasteiger partial charge in [-0.15, -0.1) is 0 Å². The van der Waals surface area contributed by atoms with Crippen molar-refractivity contribution in [3.8, 4) is 0 Å². The van der Waals surface area contributed by atoms with Crippen LogP contribution in [0, 0.1) is 5.41 Å². The Hall–Kier alpha value is -0.0800. The van der Waals surface area contributed by atoms with Crippen LogP contribution >= 0.6 is 0 Å². The molecule has 14 heavy (non-hydrogen) atoms. The van der Waals surface area contributed by atoms with Gasteiger partial charge >= 0.3 is 0 Å². The van der Waals surface area contributed by atoms with Crippen LogP contribution in [0.25, 0.3) is 0 Å². The molecule has 0 amide bonds. The first-order valence-electron chi connectivity index (χ1n) is 5.95. The Bertz CT molecular complexity index is 175. The Morgan fingerprint density at radius 3 is 2.36 bits per heavy atom. The lowest BCUT2D eigenvalue weighted by molar-refractivity contribution is -0.0546. The summed E-state index contributed by atoms with van der Waals surface area (Å²) in [5.74, 6) is 0. The molecule has 0 radical (unpaired) electrons. The highest BCUT2D eigenvalue weighted by molar-refractivity contribution is 4.92. The molecule has 0 aliphatic heterocycles. The van der Waals surface area contributed by atoms with E-state index in [1.54, 1.807) is 0 Å². The molecule has 1 aliphatic rings. The van der Waals surface area contributed by atoms with E-state index in [4.69, 9.17) is 0 Å². The van der Waals surface area contributed by atoms with E-state index in [1.807, 2.05) is 0 Å². The summed E-state index contributed by atoms with van der Waals surface area (Å²) in [5.41, 5.74) is 0.103. The number of likely N-dealkylation sites (N-methyl/N-ethyl adjacent to an activating group) is 1. The number of hydrogen-bond acceptors (Lipinski definition) is 2. The minimum absolute atomic E-state index is 0.103. The molecule has 0 heterocycles. The highest BCUT2D eigenvalue weighted by Gasteiger charge is 2.39. The van der Waals surface area contributed by atoms with E-state index < -0.39 is 0 Å². The van der Waals surface area contributed by atoms with Crippen LogP contribution in [-0.4, -0.2) is 35.2 Å². The van der Waals surface area contributed by atoms with Crippen molar-refractivity contribution in [3.63, 3.8) is 0 Å². The lowest BCUT2D eigenvalue weighted by Gasteiger charge is -2.45. The van der Waals surface area contributed by atoms with Crippen LogP contribution in [0.4, 0.5) is 0 Å². The van der Waals surface area contributed by atoms with Gasteiger partial charge in [0.15, 0.2) is 0 Å². The van der Waals surface area contributed by atoms with Crippen LogP contribution in [-0.2, 0) is 0 Å². The van der Waals surface area contributed by atoms with E-state index in [1.165, 1.54) is 6.42 Å². The molecule has 1 N–H and O–H groups in total. The molecule has 0 aromatic carbocycles. The molecule has 0 spiro atoms. The highest BCUT2D eigenvalue weighted by atomic mass is 16.3. The molecule has 2 heteroatoms. The van der Waals surface area contributed by atoms with Crippen molar-refractivity contribution in [2.45, 2.75) is 59.1 Å². The van der Waals surface area contributed by atoms with E-state index >= 15 is 0 Å². The molecule has 2 atom stereocenters. The Morgan fingerprint density at radius 2 is 1.86 bits per heavy atom. The fourth-order valence-corrected chi connectivity index (χ4v) is 2.67. The second-order valence-electron chi connectivity index (χ2n) is 5.11. The lowest BCUT2D eigenvalue weighted by atomic mass is 9.72. The third-order valence-corrected chi connectivity index (χ3v) is 3.77. The number of hydrogen-bond donors (Lipinski definition) is 1. The first-order valence-corrected chi connectivity index (χ1v) is 5.95. The highest BCUT2D eigenvalue weighted by Crippen LogP contribution is 2.37. The average Bonchev–Trinajstić information content (AvgIpc) is 2.14. The van der Waals surface area contributed by atoms with Crippen LogP contribution < -0.4 is 0 Å². The average molecular weight is 199 g/mol. The van der Waals surface area contributed by atoms with Gasteiger partial charge in [-0.3, -0.25) is 4.90 Å². The summed E-state index contributed by atoms with van der Waals surface area (Å²) in [4.78, 5) is 2.39. The smallest absolute Gasteiger partial charge is 0.0746 e. The molecule has 1 aliphatic carbocycles. The van der Waals surface area contributed by atoms with Crippen LogP contribution in [0.1, 0.15) is 47.0 Å². The normalized spacial score (nSPS) is 32.1. The maximum absolute atomic E-state index is 10.3. The van der Waals surface area contributed by atoms with Crippen molar-refractivity contribution in [1.29, 1.82) is 0 Å². The van der Waals surface area contributed by atoms with Gasteiger partial charge in [0.05, 0.1) is 6.10 Å². The molecule has 0 aromatic heterocycles. The van der Waals surface area contributed by atoms with Gasteiger partial charge in [0.2, 0.25) is 0 Å². The SMILES string of the molecule is CCN(CC)C1CCCC(C)(C)C1O. The largest absolute Gasteiger partial charge is 0.391 e. The van der Waals surface area contributed by atoms with Gasteiger partial charge in [0, 0.05) is 6.04 Å². The van der Waals surface area contributed by atoms with Crippen molar-refractivity contribution < 1.29 is 5.11 Å². The zero-order valence-corrected chi connectivity index (χ0v) is 10.1. The Balaban J connectivity index is 2.68. The van der Waals surface area contributed by atoms with E-state index in [-0.39, 0.29) is 11.5 Å². The predicted octanol–water partition coefficient (Wildman–Crippen LogP) is 2.27.